The van der Waals surface area contributed by atoms with Crippen molar-refractivity contribution in [2.24, 2.45) is 11.1 Å². The highest BCUT2D eigenvalue weighted by Crippen LogP contribution is 2.44. The maximum atomic E-state index is 15.7. The number of aromatic nitrogens is 3. The summed E-state index contributed by atoms with van der Waals surface area (Å²) in [4.78, 5) is 25.1. The van der Waals surface area contributed by atoms with Crippen molar-refractivity contribution in [1.82, 2.24) is 15.0 Å². The van der Waals surface area contributed by atoms with Crippen LogP contribution >= 0.6 is 23.4 Å². The van der Waals surface area contributed by atoms with Crippen LogP contribution in [-0.2, 0) is 11.2 Å². The molecule has 0 radical (unpaired) electrons. The third kappa shape index (κ3) is 4.45. The van der Waals surface area contributed by atoms with E-state index in [-0.39, 0.29) is 17.9 Å². The first kappa shape index (κ1) is 21.8. The Bertz CT molecular complexity index is 1160. The van der Waals surface area contributed by atoms with E-state index in [1.165, 1.54) is 23.9 Å². The van der Waals surface area contributed by atoms with Crippen LogP contribution in [-0.4, -0.2) is 27.1 Å². The molecule has 4 rings (SSSR count). The van der Waals surface area contributed by atoms with Gasteiger partial charge < -0.3 is 10.2 Å². The lowest BCUT2D eigenvalue weighted by Crippen LogP contribution is -2.33. The van der Waals surface area contributed by atoms with Crippen molar-refractivity contribution >= 4 is 29.3 Å². The number of benzene rings is 1. The number of halogens is 2. The molecule has 162 valence electrons. The zero-order chi connectivity index (χ0) is 22.3. The largest absolute Gasteiger partial charge is 0.438 e. The predicted molar refractivity (Wildman–Crippen MR) is 118 cm³/mol. The molecule has 2 N–H and O–H groups in total. The van der Waals surface area contributed by atoms with Crippen molar-refractivity contribution in [3.05, 3.63) is 46.7 Å². The number of hydrogen-bond donors (Lipinski definition) is 1. The monoisotopic (exact) mass is 460 g/mol. The lowest BCUT2D eigenvalue weighted by Gasteiger charge is -2.21. The number of nitrogens with two attached hydrogens (primary N) is 1. The van der Waals surface area contributed by atoms with Gasteiger partial charge in [-0.25, -0.2) is 19.3 Å². The summed E-state index contributed by atoms with van der Waals surface area (Å²) < 4.78 is 21.7. The van der Waals surface area contributed by atoms with Gasteiger partial charge in [0.1, 0.15) is 17.2 Å². The van der Waals surface area contributed by atoms with Gasteiger partial charge in [-0.2, -0.15) is 0 Å². The zero-order valence-electron chi connectivity index (χ0n) is 17.4. The molecule has 1 aliphatic rings. The second-order valence-electron chi connectivity index (χ2n) is 8.28. The molecule has 0 saturated heterocycles. The quantitative estimate of drug-likeness (QED) is 0.382. The number of amides is 1. The summed E-state index contributed by atoms with van der Waals surface area (Å²) >= 11 is 7.74. The van der Waals surface area contributed by atoms with E-state index in [4.69, 9.17) is 21.8 Å². The standard InChI is InChI=1S/C22H22ClFN4O2S/c1-22(2,20(25)29)10-12-8-13(23)9-14(16(12)24)17-18(30-19(28-17)11-4-5-11)15-6-7-26-21(27-15)31-3/h6-9,11H,4-5,10H2,1-3H3,(H2,25,29). The fourth-order valence-corrected chi connectivity index (χ4v) is 3.87. The number of carbonyl (C=O) groups excluding carboxylic acids is 1. The van der Waals surface area contributed by atoms with E-state index in [0.717, 1.165) is 12.8 Å². The Morgan fingerprint density at radius 2 is 2.10 bits per heavy atom. The number of carbonyl (C=O) groups is 1. The predicted octanol–water partition coefficient (Wildman–Crippen LogP) is 5.24. The van der Waals surface area contributed by atoms with Crippen molar-refractivity contribution in [1.29, 1.82) is 0 Å². The van der Waals surface area contributed by atoms with Crippen LogP contribution in [0.1, 0.15) is 44.1 Å². The van der Waals surface area contributed by atoms with Crippen LogP contribution in [0.2, 0.25) is 5.02 Å². The summed E-state index contributed by atoms with van der Waals surface area (Å²) in [6, 6.07) is 4.75. The van der Waals surface area contributed by atoms with E-state index >= 15 is 4.39 Å². The fourth-order valence-electron chi connectivity index (χ4n) is 3.27. The van der Waals surface area contributed by atoms with Crippen LogP contribution in [0.5, 0.6) is 0 Å². The summed E-state index contributed by atoms with van der Waals surface area (Å²) in [5, 5.41) is 0.907. The van der Waals surface area contributed by atoms with Crippen LogP contribution in [0.3, 0.4) is 0 Å². The second kappa shape index (κ2) is 8.24. The van der Waals surface area contributed by atoms with Gasteiger partial charge in [-0.1, -0.05) is 37.2 Å². The van der Waals surface area contributed by atoms with Crippen molar-refractivity contribution in [3.8, 4) is 22.7 Å². The normalized spacial score (nSPS) is 14.1. The molecule has 0 spiro atoms. The maximum Gasteiger partial charge on any atom is 0.223 e. The Morgan fingerprint density at radius 1 is 1.35 bits per heavy atom. The molecule has 3 aromatic rings. The maximum absolute atomic E-state index is 15.7. The average molecular weight is 461 g/mol. The summed E-state index contributed by atoms with van der Waals surface area (Å²) in [6.45, 7) is 3.35. The lowest BCUT2D eigenvalue weighted by molar-refractivity contribution is -0.125. The van der Waals surface area contributed by atoms with Crippen molar-refractivity contribution in [2.45, 2.75) is 44.2 Å². The van der Waals surface area contributed by atoms with E-state index < -0.39 is 17.1 Å². The molecule has 0 aliphatic heterocycles. The smallest absolute Gasteiger partial charge is 0.223 e. The van der Waals surface area contributed by atoms with Crippen molar-refractivity contribution in [3.63, 3.8) is 0 Å². The highest BCUT2D eigenvalue weighted by Gasteiger charge is 2.33. The van der Waals surface area contributed by atoms with Crippen LogP contribution < -0.4 is 5.73 Å². The molecule has 1 aromatic carbocycles. The molecule has 1 amide bonds. The zero-order valence-corrected chi connectivity index (χ0v) is 19.0. The highest BCUT2D eigenvalue weighted by atomic mass is 35.5. The molecule has 9 heteroatoms. The molecule has 31 heavy (non-hydrogen) atoms. The second-order valence-corrected chi connectivity index (χ2v) is 9.49. The van der Waals surface area contributed by atoms with Gasteiger partial charge in [0.25, 0.3) is 0 Å². The fraction of sp³-hybridized carbons (Fsp3) is 0.364. The molecule has 0 bridgehead atoms. The van der Waals surface area contributed by atoms with Gasteiger partial charge in [0.15, 0.2) is 16.8 Å². The van der Waals surface area contributed by atoms with Crippen LogP contribution in [0.4, 0.5) is 4.39 Å². The molecular weight excluding hydrogens is 439 g/mol. The Morgan fingerprint density at radius 3 is 2.74 bits per heavy atom. The summed E-state index contributed by atoms with van der Waals surface area (Å²) in [5.41, 5.74) is 5.91. The van der Waals surface area contributed by atoms with E-state index in [1.807, 2.05) is 6.26 Å². The van der Waals surface area contributed by atoms with E-state index in [9.17, 15) is 4.79 Å². The molecule has 2 aromatic heterocycles. The Balaban J connectivity index is 1.87. The first-order valence-corrected chi connectivity index (χ1v) is 11.5. The minimum atomic E-state index is -0.936. The van der Waals surface area contributed by atoms with Gasteiger partial charge in [-0.15, -0.1) is 0 Å². The third-order valence-electron chi connectivity index (χ3n) is 5.29. The highest BCUT2D eigenvalue weighted by molar-refractivity contribution is 7.98. The van der Waals surface area contributed by atoms with Crippen LogP contribution in [0, 0.1) is 11.2 Å². The van der Waals surface area contributed by atoms with Gasteiger partial charge in [0.05, 0.1) is 0 Å². The van der Waals surface area contributed by atoms with Gasteiger partial charge in [0, 0.05) is 28.1 Å². The number of rotatable bonds is 7. The molecule has 2 heterocycles. The molecule has 0 unspecified atom stereocenters. The average Bonchev–Trinajstić information content (AvgIpc) is 3.49. The Labute approximate surface area is 188 Å². The van der Waals surface area contributed by atoms with Gasteiger partial charge in [-0.3, -0.25) is 4.79 Å². The lowest BCUT2D eigenvalue weighted by atomic mass is 9.84. The van der Waals surface area contributed by atoms with Gasteiger partial charge in [-0.05, 0) is 49.3 Å². The first-order valence-electron chi connectivity index (χ1n) is 9.86. The Kier molecular flexibility index (Phi) is 5.79. The number of thioether (sulfide) groups is 1. The molecule has 1 aliphatic carbocycles. The van der Waals surface area contributed by atoms with E-state index in [0.29, 0.717) is 38.8 Å². The number of hydrogen-bond acceptors (Lipinski definition) is 6. The van der Waals surface area contributed by atoms with Crippen molar-refractivity contribution < 1.29 is 13.6 Å². The molecule has 1 saturated carbocycles. The Hall–Kier alpha value is -2.45. The number of oxazole rings is 1. The summed E-state index contributed by atoms with van der Waals surface area (Å²) in [5.74, 6) is 0.144. The van der Waals surface area contributed by atoms with E-state index in [1.54, 1.807) is 26.1 Å². The topological polar surface area (TPSA) is 94.9 Å². The van der Waals surface area contributed by atoms with Crippen LogP contribution in [0.15, 0.2) is 34.0 Å². The third-order valence-corrected chi connectivity index (χ3v) is 6.07. The number of nitrogens with zero attached hydrogens (tertiary/aromatic N) is 3. The summed E-state index contributed by atoms with van der Waals surface area (Å²) in [7, 11) is 0. The van der Waals surface area contributed by atoms with Gasteiger partial charge in [0.2, 0.25) is 5.91 Å². The van der Waals surface area contributed by atoms with Crippen LogP contribution in [0.25, 0.3) is 22.7 Å². The SMILES string of the molecule is CSc1nccc(-c2oc(C3CC3)nc2-c2cc(Cl)cc(CC(C)(C)C(N)=O)c2F)n1. The van der Waals surface area contributed by atoms with Crippen molar-refractivity contribution in [2.75, 3.05) is 6.26 Å². The number of primary amides is 1. The molecule has 6 nitrogen and oxygen atoms in total. The minimum Gasteiger partial charge on any atom is -0.438 e. The van der Waals surface area contributed by atoms with E-state index in [2.05, 4.69) is 15.0 Å². The molecule has 1 fully saturated rings. The summed E-state index contributed by atoms with van der Waals surface area (Å²) in [6.07, 6.45) is 5.57. The van der Waals surface area contributed by atoms with Gasteiger partial charge >= 0.3 is 0 Å². The molecular formula is C22H22ClFN4O2S. The first-order chi connectivity index (χ1) is 14.7. The minimum absolute atomic E-state index is 0.106. The molecule has 0 atom stereocenters.